The zero-order valence-electron chi connectivity index (χ0n) is 25.2. The van der Waals surface area contributed by atoms with Crippen LogP contribution in [0.4, 0.5) is 5.69 Å². The van der Waals surface area contributed by atoms with Crippen molar-refractivity contribution >= 4 is 71.2 Å². The molecule has 0 fully saturated rings. The summed E-state index contributed by atoms with van der Waals surface area (Å²) >= 11 is 0. The molecule has 0 atom stereocenters. The maximum absolute atomic E-state index is 8.14. The lowest BCUT2D eigenvalue weighted by molar-refractivity contribution is 0.673. The summed E-state index contributed by atoms with van der Waals surface area (Å²) in [4.78, 5) is 4.01. The molecule has 10 aromatic rings. The third kappa shape index (κ3) is 3.57. The number of furan rings is 1. The van der Waals surface area contributed by atoms with Crippen LogP contribution in [0.2, 0.25) is 0 Å². The van der Waals surface area contributed by atoms with E-state index in [1.165, 1.54) is 10.8 Å². The van der Waals surface area contributed by atoms with Gasteiger partial charge in [0.25, 0.3) is 0 Å². The van der Waals surface area contributed by atoms with Gasteiger partial charge < -0.3 is 13.6 Å². The van der Waals surface area contributed by atoms with Crippen molar-refractivity contribution in [2.45, 2.75) is 0 Å². The smallest absolute Gasteiger partial charge is 0.211 e. The van der Waals surface area contributed by atoms with Gasteiger partial charge in [-0.25, -0.2) is 4.85 Å². The molecule has 0 aliphatic carbocycles. The van der Waals surface area contributed by atoms with Crippen LogP contribution < -0.4 is 0 Å². The van der Waals surface area contributed by atoms with E-state index in [1.54, 1.807) is 0 Å². The lowest BCUT2D eigenvalue weighted by atomic mass is 10.0. The van der Waals surface area contributed by atoms with Crippen molar-refractivity contribution in [3.05, 3.63) is 163 Å². The number of benzene rings is 7. The van der Waals surface area contributed by atoms with E-state index in [-0.39, 0.29) is 0 Å². The van der Waals surface area contributed by atoms with E-state index in [4.69, 9.17) is 11.0 Å². The van der Waals surface area contributed by atoms with E-state index in [1.807, 2.05) is 24.3 Å². The van der Waals surface area contributed by atoms with Crippen LogP contribution in [0.15, 0.2) is 156 Å². The van der Waals surface area contributed by atoms with Gasteiger partial charge in [0.1, 0.15) is 11.2 Å². The van der Waals surface area contributed by atoms with E-state index in [9.17, 15) is 0 Å². The Balaban J connectivity index is 1.19. The molecule has 0 N–H and O–H groups in total. The van der Waals surface area contributed by atoms with Gasteiger partial charge in [-0.1, -0.05) is 103 Å². The highest BCUT2D eigenvalue weighted by Crippen LogP contribution is 2.43. The van der Waals surface area contributed by atoms with Crippen molar-refractivity contribution in [2.24, 2.45) is 0 Å². The Bertz CT molecular complexity index is 2860. The number of rotatable bonds is 3. The summed E-state index contributed by atoms with van der Waals surface area (Å²) in [5.41, 5.74) is 10.9. The van der Waals surface area contributed by atoms with Crippen molar-refractivity contribution in [1.29, 1.82) is 0 Å². The summed E-state index contributed by atoms with van der Waals surface area (Å²) in [7, 11) is 0. The minimum Gasteiger partial charge on any atom is -0.455 e. The Labute approximate surface area is 269 Å². The molecule has 3 heterocycles. The number of hydrogen-bond donors (Lipinski definition) is 0. The van der Waals surface area contributed by atoms with Gasteiger partial charge in [0.15, 0.2) is 0 Å². The average molecular weight is 600 g/mol. The van der Waals surface area contributed by atoms with Gasteiger partial charge in [-0.3, -0.25) is 0 Å². The third-order valence-electron chi connectivity index (χ3n) is 9.56. The zero-order valence-corrected chi connectivity index (χ0v) is 25.2. The van der Waals surface area contributed by atoms with Crippen molar-refractivity contribution in [2.75, 3.05) is 0 Å². The maximum atomic E-state index is 8.14. The molecule has 0 amide bonds. The molecule has 0 spiro atoms. The first kappa shape index (κ1) is 25.7. The monoisotopic (exact) mass is 599 g/mol. The molecule has 0 radical (unpaired) electrons. The van der Waals surface area contributed by atoms with E-state index in [0.717, 1.165) is 77.3 Å². The van der Waals surface area contributed by atoms with E-state index in [0.29, 0.717) is 5.69 Å². The van der Waals surface area contributed by atoms with E-state index < -0.39 is 0 Å². The van der Waals surface area contributed by atoms with Gasteiger partial charge in [0.2, 0.25) is 5.69 Å². The molecule has 4 heteroatoms. The Morgan fingerprint density at radius 3 is 1.79 bits per heavy atom. The summed E-state index contributed by atoms with van der Waals surface area (Å²) in [6, 6.07) is 52.8. The second-order valence-corrected chi connectivity index (χ2v) is 12.0. The second kappa shape index (κ2) is 9.71. The molecule has 0 saturated heterocycles. The van der Waals surface area contributed by atoms with E-state index >= 15 is 0 Å². The van der Waals surface area contributed by atoms with Gasteiger partial charge in [0, 0.05) is 32.6 Å². The summed E-state index contributed by atoms with van der Waals surface area (Å²) in [6.07, 6.45) is 0. The van der Waals surface area contributed by atoms with Crippen LogP contribution in [0.1, 0.15) is 0 Å². The van der Waals surface area contributed by atoms with Crippen LogP contribution in [0.25, 0.3) is 92.9 Å². The minimum absolute atomic E-state index is 0.621. The van der Waals surface area contributed by atoms with Gasteiger partial charge in [-0.05, 0) is 59.7 Å². The van der Waals surface area contributed by atoms with Crippen molar-refractivity contribution in [3.8, 4) is 22.5 Å². The normalized spacial score (nSPS) is 11.8. The molecule has 0 aliphatic rings. The van der Waals surface area contributed by atoms with Gasteiger partial charge >= 0.3 is 0 Å². The fraction of sp³-hybridized carbons (Fsp3) is 0. The maximum Gasteiger partial charge on any atom is 0.211 e. The summed E-state index contributed by atoms with van der Waals surface area (Å²) < 4.78 is 11.1. The highest BCUT2D eigenvalue weighted by molar-refractivity contribution is 6.23. The quantitative estimate of drug-likeness (QED) is 0.186. The Morgan fingerprint density at radius 2 is 1.09 bits per heavy atom. The summed E-state index contributed by atoms with van der Waals surface area (Å²) in [6.45, 7) is 8.14. The molecule has 10 rings (SSSR count). The second-order valence-electron chi connectivity index (χ2n) is 12.0. The molecule has 47 heavy (non-hydrogen) atoms. The Kier molecular flexibility index (Phi) is 5.32. The van der Waals surface area contributed by atoms with Crippen LogP contribution in [0.3, 0.4) is 0 Å². The van der Waals surface area contributed by atoms with Crippen LogP contribution in [-0.4, -0.2) is 9.13 Å². The standard InChI is InChI=1S/C43H25N3O/c1-44-35-16-10-15-29(42(35)46-36-17-6-2-11-30(36)31-12-3-7-18-37(31)46)27-21-23-28(24-22-27)45-38-19-8-4-14-34(38)41-39(45)26-25-33-32-13-5-9-20-40(32)47-43(33)41/h2-26H. The number of nitrogens with zero attached hydrogens (tertiary/aromatic N) is 3. The first-order valence-electron chi connectivity index (χ1n) is 15.7. The van der Waals surface area contributed by atoms with Crippen LogP contribution in [0.5, 0.6) is 0 Å². The first-order chi connectivity index (χ1) is 23.3. The number of aromatic nitrogens is 2. The lowest BCUT2D eigenvalue weighted by Gasteiger charge is -2.17. The molecule has 7 aromatic carbocycles. The highest BCUT2D eigenvalue weighted by Gasteiger charge is 2.20. The minimum atomic E-state index is 0.621. The van der Waals surface area contributed by atoms with Gasteiger partial charge in [-0.15, -0.1) is 0 Å². The fourth-order valence-electron chi connectivity index (χ4n) is 7.56. The summed E-state index contributed by atoms with van der Waals surface area (Å²) in [5.74, 6) is 0. The molecule has 0 aliphatic heterocycles. The van der Waals surface area contributed by atoms with E-state index in [2.05, 4.69) is 141 Å². The molecule has 3 aromatic heterocycles. The Morgan fingerprint density at radius 1 is 0.468 bits per heavy atom. The van der Waals surface area contributed by atoms with Crippen molar-refractivity contribution in [3.63, 3.8) is 0 Å². The number of hydrogen-bond acceptors (Lipinski definition) is 1. The first-order valence-corrected chi connectivity index (χ1v) is 15.7. The molecule has 218 valence electrons. The molecule has 0 bridgehead atoms. The molecule has 0 unspecified atom stereocenters. The Hall–Kier alpha value is -6.57. The predicted octanol–water partition coefficient (Wildman–Crippen LogP) is 12.0. The van der Waals surface area contributed by atoms with Crippen molar-refractivity contribution < 1.29 is 4.42 Å². The van der Waals surface area contributed by atoms with Crippen molar-refractivity contribution in [1.82, 2.24) is 9.13 Å². The average Bonchev–Trinajstić information content (AvgIpc) is 3.79. The van der Waals surface area contributed by atoms with Gasteiger partial charge in [-0.2, -0.15) is 0 Å². The molecule has 0 saturated carbocycles. The molecular weight excluding hydrogens is 574 g/mol. The number of fused-ring (bicyclic) bond motifs is 10. The van der Waals surface area contributed by atoms with Crippen LogP contribution >= 0.6 is 0 Å². The van der Waals surface area contributed by atoms with Crippen LogP contribution in [0, 0.1) is 6.57 Å². The topological polar surface area (TPSA) is 27.4 Å². The SMILES string of the molecule is [C-]#[N+]c1cccc(-c2ccc(-n3c4ccccc4c4c5oc6ccccc6c5ccc43)cc2)c1-n1c2ccccc2c2ccccc21. The van der Waals surface area contributed by atoms with Crippen LogP contribution in [-0.2, 0) is 0 Å². The largest absolute Gasteiger partial charge is 0.455 e. The predicted molar refractivity (Wildman–Crippen MR) is 194 cm³/mol. The third-order valence-corrected chi connectivity index (χ3v) is 9.56. The number of para-hydroxylation sites is 5. The zero-order chi connectivity index (χ0) is 31.1. The fourth-order valence-corrected chi connectivity index (χ4v) is 7.56. The highest BCUT2D eigenvalue weighted by atomic mass is 16.3. The molecule has 4 nitrogen and oxygen atoms in total. The summed E-state index contributed by atoms with van der Waals surface area (Å²) in [5, 5.41) is 6.89. The molecular formula is C43H25N3O. The van der Waals surface area contributed by atoms with Gasteiger partial charge in [0.05, 0.1) is 39.7 Å². The lowest BCUT2D eigenvalue weighted by Crippen LogP contribution is -1.98.